The minimum atomic E-state index is -0.336. The predicted octanol–water partition coefficient (Wildman–Crippen LogP) is 2.64. The molecule has 0 saturated carbocycles. The molecule has 0 aromatic carbocycles. The van der Waals surface area contributed by atoms with Gasteiger partial charge in [-0.05, 0) is 19.1 Å². The van der Waals surface area contributed by atoms with Crippen molar-refractivity contribution >= 4 is 28.0 Å². The largest absolute Gasteiger partial charge is 0.379 e. The highest BCUT2D eigenvalue weighted by atomic mass is 32.1. The molecule has 0 radical (unpaired) electrons. The summed E-state index contributed by atoms with van der Waals surface area (Å²) in [5.74, 6) is -0.336. The molecule has 0 spiro atoms. The molecule has 1 saturated heterocycles. The molecular weight excluding hydrogens is 414 g/mol. The number of nitrogens with zero attached hydrogens (tertiary/aromatic N) is 6. The summed E-state index contributed by atoms with van der Waals surface area (Å²) in [6.07, 6.45) is 7.00. The van der Waals surface area contributed by atoms with Gasteiger partial charge in [-0.2, -0.15) is 0 Å². The third-order valence-electron chi connectivity index (χ3n) is 5.06. The van der Waals surface area contributed by atoms with Crippen LogP contribution in [0.4, 0.5) is 5.13 Å². The Hall–Kier alpha value is -3.21. The first-order valence-electron chi connectivity index (χ1n) is 9.98. The maximum atomic E-state index is 12.9. The quantitative estimate of drug-likeness (QED) is 0.515. The average Bonchev–Trinajstić information content (AvgIpc) is 3.41. The zero-order valence-corrected chi connectivity index (χ0v) is 17.8. The van der Waals surface area contributed by atoms with Crippen LogP contribution in [0.3, 0.4) is 0 Å². The second-order valence-electron chi connectivity index (χ2n) is 7.31. The zero-order valence-electron chi connectivity index (χ0n) is 17.0. The van der Waals surface area contributed by atoms with E-state index in [-0.39, 0.29) is 11.6 Å². The van der Waals surface area contributed by atoms with Gasteiger partial charge >= 0.3 is 0 Å². The number of fused-ring (bicyclic) bond motifs is 1. The number of thiazole rings is 1. The maximum absolute atomic E-state index is 12.9. The lowest BCUT2D eigenvalue weighted by Gasteiger charge is -2.25. The van der Waals surface area contributed by atoms with Crippen LogP contribution in [0, 0.1) is 6.92 Å². The van der Waals surface area contributed by atoms with Gasteiger partial charge in [0.05, 0.1) is 24.6 Å². The molecule has 9 nitrogen and oxygen atoms in total. The summed E-state index contributed by atoms with van der Waals surface area (Å²) in [5, 5.41) is 5.38. The molecule has 0 bridgehead atoms. The van der Waals surface area contributed by atoms with Crippen molar-refractivity contribution in [2.45, 2.75) is 13.5 Å². The third-order valence-corrected chi connectivity index (χ3v) is 5.87. The molecule has 0 atom stereocenters. The van der Waals surface area contributed by atoms with Crippen molar-refractivity contribution in [1.82, 2.24) is 29.2 Å². The molecule has 5 rings (SSSR count). The van der Waals surface area contributed by atoms with Crippen molar-refractivity contribution in [2.75, 3.05) is 31.6 Å². The van der Waals surface area contributed by atoms with E-state index >= 15 is 0 Å². The monoisotopic (exact) mass is 435 g/mol. The van der Waals surface area contributed by atoms with Gasteiger partial charge in [-0.25, -0.2) is 15.0 Å². The number of aromatic nitrogens is 5. The Morgan fingerprint density at radius 2 is 2.10 bits per heavy atom. The van der Waals surface area contributed by atoms with Gasteiger partial charge in [0.1, 0.15) is 0 Å². The number of nitrogens with one attached hydrogen (secondary N) is 1. The second kappa shape index (κ2) is 8.50. The number of pyridine rings is 1. The minimum Gasteiger partial charge on any atom is -0.379 e. The van der Waals surface area contributed by atoms with Crippen LogP contribution in [0.2, 0.25) is 0 Å². The van der Waals surface area contributed by atoms with E-state index in [0.29, 0.717) is 10.8 Å². The highest BCUT2D eigenvalue weighted by Gasteiger charge is 2.18. The summed E-state index contributed by atoms with van der Waals surface area (Å²) in [4.78, 5) is 33.0. The number of imidazole rings is 1. The van der Waals surface area contributed by atoms with Crippen LogP contribution in [0.15, 0.2) is 42.3 Å². The zero-order chi connectivity index (χ0) is 21.2. The van der Waals surface area contributed by atoms with E-state index in [4.69, 9.17) is 4.74 Å². The van der Waals surface area contributed by atoms with E-state index in [1.54, 1.807) is 23.0 Å². The van der Waals surface area contributed by atoms with Gasteiger partial charge in [-0.15, -0.1) is 11.3 Å². The minimum absolute atomic E-state index is 0.249. The Balaban J connectivity index is 1.34. The van der Waals surface area contributed by atoms with E-state index in [1.165, 1.54) is 11.3 Å². The molecule has 0 unspecified atom stereocenters. The first-order chi connectivity index (χ1) is 15.2. The fraction of sp³-hybridized carbons (Fsp3) is 0.286. The van der Waals surface area contributed by atoms with E-state index < -0.39 is 0 Å². The third kappa shape index (κ3) is 4.31. The molecule has 5 heterocycles. The first-order valence-corrected chi connectivity index (χ1v) is 10.9. The van der Waals surface area contributed by atoms with E-state index in [2.05, 4.69) is 30.2 Å². The second-order valence-corrected chi connectivity index (χ2v) is 8.17. The van der Waals surface area contributed by atoms with Crippen LogP contribution >= 0.6 is 11.3 Å². The Morgan fingerprint density at radius 3 is 2.90 bits per heavy atom. The van der Waals surface area contributed by atoms with Crippen molar-refractivity contribution in [3.05, 3.63) is 59.4 Å². The summed E-state index contributed by atoms with van der Waals surface area (Å²) in [6.45, 7) is 5.96. The molecule has 0 aliphatic carbocycles. The highest BCUT2D eigenvalue weighted by Crippen LogP contribution is 2.22. The Bertz CT molecular complexity index is 1210. The number of anilines is 1. The number of ether oxygens (including phenoxy) is 1. The molecule has 4 aromatic heterocycles. The van der Waals surface area contributed by atoms with Crippen LogP contribution in [0.25, 0.3) is 16.9 Å². The Morgan fingerprint density at radius 1 is 1.23 bits per heavy atom. The summed E-state index contributed by atoms with van der Waals surface area (Å²) in [6, 6.07) is 3.89. The fourth-order valence-electron chi connectivity index (χ4n) is 3.42. The predicted molar refractivity (Wildman–Crippen MR) is 117 cm³/mol. The molecule has 1 aliphatic rings. The van der Waals surface area contributed by atoms with Gasteiger partial charge in [-0.1, -0.05) is 0 Å². The van der Waals surface area contributed by atoms with Gasteiger partial charge in [0.15, 0.2) is 16.5 Å². The lowest BCUT2D eigenvalue weighted by Crippen LogP contribution is -2.35. The van der Waals surface area contributed by atoms with Crippen molar-refractivity contribution in [3.8, 4) is 11.3 Å². The van der Waals surface area contributed by atoms with Crippen LogP contribution in [-0.2, 0) is 11.3 Å². The summed E-state index contributed by atoms with van der Waals surface area (Å²) in [7, 11) is 0. The summed E-state index contributed by atoms with van der Waals surface area (Å²) in [5.41, 5.74) is 4.22. The number of aryl methyl sites for hydroxylation is 1. The van der Waals surface area contributed by atoms with Crippen LogP contribution in [0.5, 0.6) is 0 Å². The Labute approximate surface area is 182 Å². The lowest BCUT2D eigenvalue weighted by atomic mass is 10.2. The van der Waals surface area contributed by atoms with Crippen LogP contribution in [-0.4, -0.2) is 61.4 Å². The summed E-state index contributed by atoms with van der Waals surface area (Å²) >= 11 is 1.41. The highest BCUT2D eigenvalue weighted by molar-refractivity contribution is 7.14. The van der Waals surface area contributed by atoms with Crippen molar-refractivity contribution < 1.29 is 9.53 Å². The van der Waals surface area contributed by atoms with E-state index in [9.17, 15) is 4.79 Å². The first kappa shape index (κ1) is 19.7. The molecule has 1 amide bonds. The summed E-state index contributed by atoms with van der Waals surface area (Å²) < 4.78 is 7.17. The number of hydrogen-bond donors (Lipinski definition) is 1. The molecule has 1 aliphatic heterocycles. The molecule has 158 valence electrons. The van der Waals surface area contributed by atoms with Crippen molar-refractivity contribution in [3.63, 3.8) is 0 Å². The number of morpholine rings is 1. The standard InChI is InChI=1S/C21H21N7O2S/c1-14-2-3-15(10-23-14)17-12-28-5-4-22-18(19(28)25-17)20(29)26-21-24-16(13-31-21)11-27-6-8-30-9-7-27/h2-5,10,12-13H,6-9,11H2,1H3,(H,24,26,29). The number of rotatable bonds is 5. The average molecular weight is 436 g/mol. The van der Waals surface area contributed by atoms with Crippen LogP contribution < -0.4 is 5.32 Å². The molecule has 1 N–H and O–H groups in total. The van der Waals surface area contributed by atoms with Crippen molar-refractivity contribution in [1.29, 1.82) is 0 Å². The van der Waals surface area contributed by atoms with Gasteiger partial charge in [0.2, 0.25) is 0 Å². The smallest absolute Gasteiger partial charge is 0.279 e. The number of amides is 1. The van der Waals surface area contributed by atoms with Gasteiger partial charge in [-0.3, -0.25) is 20.0 Å². The molecule has 31 heavy (non-hydrogen) atoms. The van der Waals surface area contributed by atoms with Gasteiger partial charge in [0.25, 0.3) is 5.91 Å². The number of carbonyl (C=O) groups is 1. The van der Waals surface area contributed by atoms with Crippen LogP contribution in [0.1, 0.15) is 21.9 Å². The fourth-order valence-corrected chi connectivity index (χ4v) is 4.12. The molecule has 10 heteroatoms. The molecular formula is C21H21N7O2S. The van der Waals surface area contributed by atoms with Gasteiger partial charge < -0.3 is 9.14 Å². The maximum Gasteiger partial charge on any atom is 0.279 e. The van der Waals surface area contributed by atoms with Crippen molar-refractivity contribution in [2.24, 2.45) is 0 Å². The number of hydrogen-bond acceptors (Lipinski definition) is 8. The number of carbonyl (C=O) groups excluding carboxylic acids is 1. The SMILES string of the molecule is Cc1ccc(-c2cn3ccnc(C(=O)Nc4nc(CN5CCOCC5)cs4)c3n2)cn1. The van der Waals surface area contributed by atoms with E-state index in [1.807, 2.05) is 30.6 Å². The normalized spacial score (nSPS) is 14.7. The topological polar surface area (TPSA) is 97.5 Å². The lowest BCUT2D eigenvalue weighted by molar-refractivity contribution is 0.0337. The van der Waals surface area contributed by atoms with E-state index in [0.717, 1.165) is 55.5 Å². The molecule has 1 fully saturated rings. The van der Waals surface area contributed by atoms with Gasteiger partial charge in [0, 0.05) is 61.1 Å². The molecule has 4 aromatic rings. The Kier molecular flexibility index (Phi) is 5.41.